The lowest BCUT2D eigenvalue weighted by molar-refractivity contribution is -0.141. The molecule has 32 nitrogen and oxygen atoms in total. The van der Waals surface area contributed by atoms with Crippen molar-refractivity contribution < 1.29 is 106 Å². The van der Waals surface area contributed by atoms with Crippen molar-refractivity contribution in [3.8, 4) is 79.8 Å². The number of aromatic amines is 1. The van der Waals surface area contributed by atoms with E-state index < -0.39 is 46.4 Å². The number of hydrogen-bond donors (Lipinski definition) is 11. The van der Waals surface area contributed by atoms with E-state index in [0.717, 1.165) is 113 Å². The van der Waals surface area contributed by atoms with Gasteiger partial charge in [-0.05, 0) is 202 Å². The smallest absolute Gasteiger partial charge is 0.435 e. The van der Waals surface area contributed by atoms with E-state index in [1.54, 1.807) is 69.6 Å². The van der Waals surface area contributed by atoms with Gasteiger partial charge in [-0.1, -0.05) is 47.6 Å². The second kappa shape index (κ2) is 48.2. The van der Waals surface area contributed by atoms with E-state index in [9.17, 15) is 72.6 Å². The van der Waals surface area contributed by atoms with Crippen molar-refractivity contribution in [1.82, 2.24) is 34.3 Å². The maximum atomic E-state index is 13.8. The number of aliphatic hydroxyl groups is 2. The van der Waals surface area contributed by atoms with Gasteiger partial charge in [0, 0.05) is 180 Å². The van der Waals surface area contributed by atoms with Crippen LogP contribution in [0.2, 0.25) is 0 Å². The third-order valence-electron chi connectivity index (χ3n) is 24.5. The molecule has 2 aliphatic heterocycles. The Morgan fingerprint density at radius 1 is 0.632 bits per heavy atom. The van der Waals surface area contributed by atoms with Crippen LogP contribution in [0.3, 0.4) is 0 Å². The number of ether oxygens (including phenoxy) is 7. The number of morpholine rings is 1. The number of methoxy groups -OCH3 is 3. The second-order valence-electron chi connectivity index (χ2n) is 35.7. The summed E-state index contributed by atoms with van der Waals surface area (Å²) < 4.78 is 89.0. The lowest BCUT2D eigenvalue weighted by Gasteiger charge is -2.30. The van der Waals surface area contributed by atoms with Crippen LogP contribution in [0.25, 0.3) is 33.8 Å². The number of phenolic OH excluding ortho intramolecular Hbond substituents is 4. The molecule has 15 rings (SSSR count). The van der Waals surface area contributed by atoms with E-state index in [-0.39, 0.29) is 111 Å². The Bertz CT molecular complexity index is 5720. The molecular formula is C99H126F3N13O19S2. The number of carbonyl (C=O) groups is 6. The van der Waals surface area contributed by atoms with Gasteiger partial charge in [-0.15, -0.1) is 0 Å². The molecule has 0 bridgehead atoms. The molecular weight excluding hydrogens is 1800 g/mol. The SMILES string of the molecule is CC1(C)CC(=O)c2c(C(F)(F)F)nn(-c3ccc(C(N)=O)c(NC4CCC(O)CC4)c3)c2C1.CCc1c(O)cc(O)c(C(=O)c2ccc(OCCN3CCOCC3)c(OC)c2)c1CC(=O)N(CCOC)CCOC.CCc1cc(-c2n[nH]c(C)c2-c2ccc3c(c2)OCCO3)c(O)cc1O.CN=S.CN=S.Cc1cn(-c2ccc(C(N)=O)c(NC3CCC(O)CC3)c2)c2c1C(=O)CC(C)(C)C2. The lowest BCUT2D eigenvalue weighted by Crippen LogP contribution is -2.38. The highest BCUT2D eigenvalue weighted by Crippen LogP contribution is 2.47. The molecule has 136 heavy (non-hydrogen) atoms. The van der Waals surface area contributed by atoms with Crippen molar-refractivity contribution in [3.63, 3.8) is 0 Å². The summed E-state index contributed by atoms with van der Waals surface area (Å²) in [5.41, 5.74) is 20.6. The molecule has 2 saturated carbocycles. The summed E-state index contributed by atoms with van der Waals surface area (Å²) in [7, 11) is 7.72. The predicted octanol–water partition coefficient (Wildman–Crippen LogP) is 14.4. The number of hydrogen-bond acceptors (Lipinski definition) is 28. The zero-order chi connectivity index (χ0) is 99.2. The molecule has 4 aliphatic carbocycles. The van der Waals surface area contributed by atoms with E-state index in [1.807, 2.05) is 78.1 Å². The molecule has 734 valence electrons. The number of amides is 3. The van der Waals surface area contributed by atoms with Crippen LogP contribution in [0.15, 0.2) is 106 Å². The average molecular weight is 1920 g/mol. The summed E-state index contributed by atoms with van der Waals surface area (Å²) in [6.07, 6.45) is 4.90. The van der Waals surface area contributed by atoms with Gasteiger partial charge in [0.25, 0.3) is 11.8 Å². The Morgan fingerprint density at radius 3 is 1.74 bits per heavy atom. The number of aromatic hydroxyl groups is 4. The Balaban J connectivity index is 0.000000185. The minimum atomic E-state index is -4.77. The van der Waals surface area contributed by atoms with Gasteiger partial charge in [0.1, 0.15) is 48.5 Å². The monoisotopic (exact) mass is 1920 g/mol. The molecule has 9 aromatic rings. The number of Topliss-reactive ketones (excluding diaryl/α,β-unsaturated/α-hetero) is 2. The van der Waals surface area contributed by atoms with Crippen LogP contribution in [-0.2, 0) is 82.1 Å². The van der Waals surface area contributed by atoms with Gasteiger partial charge >= 0.3 is 6.18 Å². The quantitative estimate of drug-likeness (QED) is 0.0213. The number of alkyl halides is 3. The van der Waals surface area contributed by atoms with E-state index in [1.165, 1.54) is 25.3 Å². The number of benzene rings is 6. The Morgan fingerprint density at radius 2 is 1.18 bits per heavy atom. The normalized spacial score (nSPS) is 17.4. The summed E-state index contributed by atoms with van der Waals surface area (Å²) in [6, 6.07) is 25.1. The maximum absolute atomic E-state index is 13.8. The van der Waals surface area contributed by atoms with E-state index in [0.29, 0.717) is 161 Å². The van der Waals surface area contributed by atoms with Crippen LogP contribution in [0, 0.1) is 24.7 Å². The first-order valence-corrected chi connectivity index (χ1v) is 46.1. The number of primary amides is 2. The number of nitrogens with zero attached hydrogens (tertiary/aromatic N) is 8. The number of H-pyrrole nitrogens is 1. The van der Waals surface area contributed by atoms with Gasteiger partial charge in [0.2, 0.25) is 5.91 Å². The van der Waals surface area contributed by atoms with Crippen molar-refractivity contribution >= 4 is 71.3 Å². The molecule has 3 aromatic heterocycles. The third-order valence-corrected chi connectivity index (χ3v) is 24.5. The predicted molar refractivity (Wildman–Crippen MR) is 514 cm³/mol. The second-order valence-corrected chi connectivity index (χ2v) is 36.5. The molecule has 13 N–H and O–H groups in total. The Labute approximate surface area is 800 Å². The Hall–Kier alpha value is -12.0. The molecule has 6 aromatic carbocycles. The van der Waals surface area contributed by atoms with Crippen LogP contribution in [0.1, 0.15) is 208 Å². The highest BCUT2D eigenvalue weighted by atomic mass is 32.1. The van der Waals surface area contributed by atoms with Gasteiger partial charge in [0.05, 0.1) is 85.8 Å². The summed E-state index contributed by atoms with van der Waals surface area (Å²) in [4.78, 5) is 80.5. The van der Waals surface area contributed by atoms with Crippen LogP contribution < -0.4 is 41.0 Å². The number of aliphatic hydroxyl groups excluding tert-OH is 2. The average Bonchev–Trinajstić information content (AvgIpc) is 1.59. The fraction of sp³-hybridized carbons (Fsp3) is 0.475. The standard InChI is InChI=1S/C30H42N2O9.C24H31N3O3.C23H27F3N4O3.C20H20N2O4.2CH3NS/c1-5-22-23(19-28(35)32(11-13-37-2)12-14-38-3)29(25(34)20-24(22)33)30(36)21-6-7-26(27(18-21)39-4)41-17-10-31-8-15-40-16-9-31;1-14-13-27(20-11-24(2,3)12-21(29)22(14)20)16-6-9-18(23(25)30)19(10-16)26-15-4-7-17(28)8-5-15;1-22(2)10-17-19(18(32)11-22)20(23(24,25)26)29-30(17)13-5-8-15(21(27)33)16(9-13)28-12-3-6-14(31)7-4-12;1-3-12-8-14(16(24)10-15(12)23)20-19(11(2)21-22-20)13-4-5-17-18(9-13)26-7-6-25-17;2*1-2-3/h6-7,18,20,33-34H,5,8-17,19H2,1-4H3;6,9-10,13,15,17,26,28H,4-5,7-8,11-12H2,1-3H3,(H2,25,30);5,8-9,12,14,28,31H,3-4,6-7,10-11H2,1-2H3,(H2,27,33);4-5,8-10,23-24H,3,6-7H2,1-2H3,(H,21,22);2*1H3. The minimum absolute atomic E-state index is 0.00927. The van der Waals surface area contributed by atoms with Gasteiger partial charge in [-0.25, -0.2) is 13.4 Å². The molecule has 0 atom stereocenters. The van der Waals surface area contributed by atoms with Crippen LogP contribution in [-0.4, -0.2) is 239 Å². The minimum Gasteiger partial charge on any atom is -0.508 e. The van der Waals surface area contributed by atoms with Crippen molar-refractivity contribution in [2.45, 2.75) is 182 Å². The molecule has 37 heteroatoms. The van der Waals surface area contributed by atoms with Crippen LogP contribution in [0.5, 0.6) is 46.0 Å². The fourth-order valence-electron chi connectivity index (χ4n) is 17.8. The largest absolute Gasteiger partial charge is 0.508 e. The number of aryl methyl sites for hydroxylation is 3. The Kier molecular flexibility index (Phi) is 37.6. The van der Waals surface area contributed by atoms with Gasteiger partial charge in [-0.3, -0.25) is 38.8 Å². The van der Waals surface area contributed by atoms with Gasteiger partial charge < -0.3 is 95.4 Å². The number of anilines is 2. The topological polar surface area (TPSA) is 447 Å². The summed E-state index contributed by atoms with van der Waals surface area (Å²) in [6.45, 7) is 22.3. The van der Waals surface area contributed by atoms with Crippen LogP contribution in [0.4, 0.5) is 24.5 Å². The molecule has 0 radical (unpaired) electrons. The van der Waals surface area contributed by atoms with E-state index in [2.05, 4.69) is 82.8 Å². The molecule has 3 amide bonds. The fourth-order valence-corrected chi connectivity index (χ4v) is 17.8. The third kappa shape index (κ3) is 26.8. The molecule has 1 saturated heterocycles. The number of ketones is 3. The zero-order valence-corrected chi connectivity index (χ0v) is 80.9. The highest BCUT2D eigenvalue weighted by molar-refractivity contribution is 7.47. The molecule has 0 spiro atoms. The van der Waals surface area contributed by atoms with Crippen LogP contribution >= 0.6 is 0 Å². The first-order valence-electron chi connectivity index (χ1n) is 45.4. The number of rotatable bonds is 27. The lowest BCUT2D eigenvalue weighted by atomic mass is 9.75. The molecule has 3 fully saturated rings. The van der Waals surface area contributed by atoms with Gasteiger partial charge in [-0.2, -0.15) is 23.4 Å². The molecule has 6 aliphatic rings. The highest BCUT2D eigenvalue weighted by Gasteiger charge is 2.46. The summed E-state index contributed by atoms with van der Waals surface area (Å²) >= 11 is 8.04. The van der Waals surface area contributed by atoms with Crippen molar-refractivity contribution in [3.05, 3.63) is 176 Å². The number of nitrogens with two attached hydrogens (primary N) is 2. The number of carbonyl (C=O) groups excluding carboxylic acids is 6. The zero-order valence-electron chi connectivity index (χ0n) is 79.3. The van der Waals surface area contributed by atoms with Crippen molar-refractivity contribution in [2.75, 3.05) is 125 Å². The van der Waals surface area contributed by atoms with E-state index in [4.69, 9.17) is 44.6 Å². The van der Waals surface area contributed by atoms with Crippen molar-refractivity contribution in [2.24, 2.45) is 31.0 Å². The summed E-state index contributed by atoms with van der Waals surface area (Å²) in [5.74, 6) is -0.523. The number of aromatic nitrogens is 5. The number of phenols is 4. The molecule has 0 unspecified atom stereocenters. The van der Waals surface area contributed by atoms with Gasteiger partial charge in [0.15, 0.2) is 46.0 Å². The first-order chi connectivity index (χ1) is 64.7. The first kappa shape index (κ1) is 106. The number of halogens is 3. The number of fused-ring (bicyclic) bond motifs is 3. The number of nitrogens with one attached hydrogen (secondary N) is 3. The molecule has 5 heterocycles. The maximum Gasteiger partial charge on any atom is 0.435 e. The van der Waals surface area contributed by atoms with Crippen molar-refractivity contribution in [1.29, 1.82) is 0 Å². The van der Waals surface area contributed by atoms with E-state index >= 15 is 0 Å². The summed E-state index contributed by atoms with van der Waals surface area (Å²) in [5, 5.41) is 79.3.